The second kappa shape index (κ2) is 6.23. The fraction of sp³-hybridized carbons (Fsp3) is 0.267. The smallest absolute Gasteiger partial charge is 0.416 e. The molecule has 0 fully saturated rings. The Morgan fingerprint density at radius 1 is 1.39 bits per heavy atom. The molecule has 0 unspecified atom stereocenters. The highest BCUT2D eigenvalue weighted by Gasteiger charge is 2.31. The first-order valence-electron chi connectivity index (χ1n) is 6.67. The summed E-state index contributed by atoms with van der Waals surface area (Å²) >= 11 is 0. The van der Waals surface area contributed by atoms with Crippen LogP contribution in [0.4, 0.5) is 13.2 Å². The van der Waals surface area contributed by atoms with Gasteiger partial charge in [-0.1, -0.05) is 6.08 Å². The van der Waals surface area contributed by atoms with E-state index < -0.39 is 23.3 Å². The van der Waals surface area contributed by atoms with E-state index in [1.165, 1.54) is 16.7 Å². The molecule has 5 nitrogen and oxygen atoms in total. The van der Waals surface area contributed by atoms with Crippen LogP contribution in [0.5, 0.6) is 0 Å². The fourth-order valence-corrected chi connectivity index (χ4v) is 2.17. The molecular weight excluding hydrogens is 313 g/mol. The van der Waals surface area contributed by atoms with E-state index in [-0.39, 0.29) is 36.1 Å². The minimum absolute atomic E-state index is 0.0123. The third-order valence-corrected chi connectivity index (χ3v) is 3.23. The molecule has 0 aliphatic carbocycles. The van der Waals surface area contributed by atoms with Crippen LogP contribution in [0.25, 0.3) is 11.0 Å². The first-order chi connectivity index (χ1) is 10.7. The Hall–Kier alpha value is -2.64. The van der Waals surface area contributed by atoms with Crippen molar-refractivity contribution in [2.24, 2.45) is 0 Å². The molecule has 23 heavy (non-hydrogen) atoms. The summed E-state index contributed by atoms with van der Waals surface area (Å²) in [7, 11) is 0. The van der Waals surface area contributed by atoms with Crippen LogP contribution in [0.1, 0.15) is 17.7 Å². The fourth-order valence-electron chi connectivity index (χ4n) is 2.17. The summed E-state index contributed by atoms with van der Waals surface area (Å²) in [4.78, 5) is 26.9. The van der Waals surface area contributed by atoms with Crippen molar-refractivity contribution in [1.29, 1.82) is 0 Å². The number of halogens is 3. The van der Waals surface area contributed by atoms with Crippen molar-refractivity contribution in [3.05, 3.63) is 52.5 Å². The van der Waals surface area contributed by atoms with E-state index in [1.54, 1.807) is 0 Å². The Morgan fingerprint density at radius 2 is 2.09 bits per heavy atom. The van der Waals surface area contributed by atoms with Gasteiger partial charge in [0.2, 0.25) is 0 Å². The molecule has 0 radical (unpaired) electrons. The normalized spacial score (nSPS) is 11.6. The predicted molar refractivity (Wildman–Crippen MR) is 77.2 cm³/mol. The van der Waals surface area contributed by atoms with Crippen molar-refractivity contribution in [3.63, 3.8) is 0 Å². The van der Waals surface area contributed by atoms with Gasteiger partial charge in [0.25, 0.3) is 5.56 Å². The van der Waals surface area contributed by atoms with Crippen LogP contribution in [0.3, 0.4) is 0 Å². The van der Waals surface area contributed by atoms with E-state index in [0.717, 1.165) is 12.1 Å². The summed E-state index contributed by atoms with van der Waals surface area (Å²) in [6.45, 7) is 3.60. The number of fused-ring (bicyclic) bond motifs is 1. The first-order valence-corrected chi connectivity index (χ1v) is 6.67. The molecule has 1 heterocycles. The van der Waals surface area contributed by atoms with Gasteiger partial charge in [-0.25, -0.2) is 4.98 Å². The van der Waals surface area contributed by atoms with Gasteiger partial charge in [0.1, 0.15) is 5.69 Å². The predicted octanol–water partition coefficient (Wildman–Crippen LogP) is 2.62. The van der Waals surface area contributed by atoms with E-state index >= 15 is 0 Å². The van der Waals surface area contributed by atoms with Crippen LogP contribution >= 0.6 is 0 Å². The van der Waals surface area contributed by atoms with Crippen molar-refractivity contribution >= 4 is 17.0 Å². The Morgan fingerprint density at radius 3 is 2.65 bits per heavy atom. The lowest BCUT2D eigenvalue weighted by molar-refractivity contribution is -0.138. The lowest BCUT2D eigenvalue weighted by Gasteiger charge is -2.12. The molecule has 0 saturated heterocycles. The van der Waals surface area contributed by atoms with Gasteiger partial charge >= 0.3 is 12.1 Å². The number of aryl methyl sites for hydroxylation is 1. The van der Waals surface area contributed by atoms with Gasteiger partial charge in [0, 0.05) is 13.0 Å². The third-order valence-electron chi connectivity index (χ3n) is 3.23. The zero-order valence-corrected chi connectivity index (χ0v) is 11.9. The second-order valence-corrected chi connectivity index (χ2v) is 4.86. The van der Waals surface area contributed by atoms with Gasteiger partial charge in [-0.15, -0.1) is 6.58 Å². The Bertz CT molecular complexity index is 825. The molecule has 2 rings (SSSR count). The number of carboxylic acids is 1. The number of benzene rings is 1. The topological polar surface area (TPSA) is 72.2 Å². The monoisotopic (exact) mass is 326 g/mol. The van der Waals surface area contributed by atoms with Gasteiger partial charge in [-0.3, -0.25) is 9.59 Å². The maximum Gasteiger partial charge on any atom is 0.416 e. The van der Waals surface area contributed by atoms with Gasteiger partial charge < -0.3 is 9.67 Å². The average molecular weight is 326 g/mol. The molecule has 0 saturated carbocycles. The lowest BCUT2D eigenvalue weighted by atomic mass is 10.1. The Kier molecular flexibility index (Phi) is 4.53. The largest absolute Gasteiger partial charge is 0.481 e. The molecule has 8 heteroatoms. The SMILES string of the molecule is C=CCn1c(=O)c(CCC(=O)O)nc2cc(C(F)(F)F)ccc21. The highest BCUT2D eigenvalue weighted by molar-refractivity contribution is 5.76. The first kappa shape index (κ1) is 16.7. The van der Waals surface area contributed by atoms with E-state index in [0.29, 0.717) is 0 Å². The minimum atomic E-state index is -4.53. The summed E-state index contributed by atoms with van der Waals surface area (Å²) in [5.74, 6) is -1.12. The molecule has 0 spiro atoms. The van der Waals surface area contributed by atoms with Crippen LogP contribution in [0.15, 0.2) is 35.6 Å². The van der Waals surface area contributed by atoms with Gasteiger partial charge in [-0.2, -0.15) is 13.2 Å². The number of aromatic nitrogens is 2. The summed E-state index contributed by atoms with van der Waals surface area (Å²) in [5.41, 5.74) is -1.27. The highest BCUT2D eigenvalue weighted by Crippen LogP contribution is 2.30. The molecule has 0 atom stereocenters. The molecule has 1 aromatic heterocycles. The van der Waals surface area contributed by atoms with Crippen LogP contribution in [0.2, 0.25) is 0 Å². The quantitative estimate of drug-likeness (QED) is 0.857. The highest BCUT2D eigenvalue weighted by atomic mass is 19.4. The van der Waals surface area contributed by atoms with E-state index in [2.05, 4.69) is 11.6 Å². The summed E-state index contributed by atoms with van der Waals surface area (Å²) in [6.07, 6.45) is -3.59. The molecule has 0 bridgehead atoms. The number of hydrogen-bond acceptors (Lipinski definition) is 3. The summed E-state index contributed by atoms with van der Waals surface area (Å²) < 4.78 is 39.7. The average Bonchev–Trinajstić information content (AvgIpc) is 2.47. The number of aliphatic carboxylic acids is 1. The van der Waals surface area contributed by atoms with E-state index in [4.69, 9.17) is 5.11 Å². The Labute approximate surface area is 128 Å². The zero-order valence-electron chi connectivity index (χ0n) is 11.9. The van der Waals surface area contributed by atoms with Crippen molar-refractivity contribution < 1.29 is 23.1 Å². The van der Waals surface area contributed by atoms with E-state index in [9.17, 15) is 22.8 Å². The standard InChI is InChI=1S/C15H13F3N2O3/c1-2-7-20-12-5-3-9(15(16,17)18)8-11(12)19-10(14(20)23)4-6-13(21)22/h2-3,5,8H,1,4,6-7H2,(H,21,22). The minimum Gasteiger partial charge on any atom is -0.481 e. The van der Waals surface area contributed by atoms with Crippen LogP contribution < -0.4 is 5.56 Å². The van der Waals surface area contributed by atoms with Crippen LogP contribution in [0, 0.1) is 0 Å². The van der Waals surface area contributed by atoms with Gasteiger partial charge in [-0.05, 0) is 18.2 Å². The third kappa shape index (κ3) is 3.58. The molecule has 1 N–H and O–H groups in total. The summed E-state index contributed by atoms with van der Waals surface area (Å²) in [6, 6.07) is 2.90. The van der Waals surface area contributed by atoms with Crippen molar-refractivity contribution in [3.8, 4) is 0 Å². The van der Waals surface area contributed by atoms with Gasteiger partial charge in [0.05, 0.1) is 23.0 Å². The molecular formula is C15H13F3N2O3. The van der Waals surface area contributed by atoms with Crippen molar-refractivity contribution in [1.82, 2.24) is 9.55 Å². The molecule has 122 valence electrons. The lowest BCUT2D eigenvalue weighted by Crippen LogP contribution is -2.26. The number of hydrogen-bond donors (Lipinski definition) is 1. The Balaban J connectivity index is 2.67. The molecule has 0 amide bonds. The van der Waals surface area contributed by atoms with Crippen molar-refractivity contribution in [2.75, 3.05) is 0 Å². The summed E-state index contributed by atoms with van der Waals surface area (Å²) in [5, 5.41) is 8.70. The maximum atomic E-state index is 12.8. The van der Waals surface area contributed by atoms with Crippen LogP contribution in [-0.2, 0) is 23.9 Å². The number of allylic oxidation sites excluding steroid dienone is 1. The van der Waals surface area contributed by atoms with Gasteiger partial charge in [0.15, 0.2) is 0 Å². The maximum absolute atomic E-state index is 12.8. The number of carboxylic acid groups (broad SMARTS) is 1. The molecule has 0 aliphatic heterocycles. The molecule has 0 aliphatic rings. The molecule has 2 aromatic rings. The van der Waals surface area contributed by atoms with Crippen molar-refractivity contribution in [2.45, 2.75) is 25.6 Å². The zero-order chi connectivity index (χ0) is 17.2. The number of rotatable bonds is 5. The number of alkyl halides is 3. The number of carbonyl (C=O) groups is 1. The number of nitrogens with zero attached hydrogens (tertiary/aromatic N) is 2. The molecule has 1 aromatic carbocycles. The van der Waals surface area contributed by atoms with Crippen LogP contribution in [-0.4, -0.2) is 20.6 Å². The second-order valence-electron chi connectivity index (χ2n) is 4.86. The van der Waals surface area contributed by atoms with E-state index in [1.807, 2.05) is 0 Å².